The Morgan fingerprint density at radius 2 is 2.32 bits per heavy atom. The molecule has 6 heteroatoms. The summed E-state index contributed by atoms with van der Waals surface area (Å²) in [6, 6.07) is 5.64. The van der Waals surface area contributed by atoms with Gasteiger partial charge in [-0.3, -0.25) is 0 Å². The molecule has 5 nitrogen and oxygen atoms in total. The largest absolute Gasteiger partial charge is 0.496 e. The van der Waals surface area contributed by atoms with Crippen LogP contribution in [0.1, 0.15) is 17.5 Å². The monoisotopic (exact) mass is 283 g/mol. The maximum atomic E-state index is 8.69. The lowest BCUT2D eigenvalue weighted by Crippen LogP contribution is -2.17. The first-order valence-corrected chi connectivity index (χ1v) is 7.46. The molecule has 0 aliphatic heterocycles. The Labute approximate surface area is 118 Å². The van der Waals surface area contributed by atoms with Crippen LogP contribution in [0.3, 0.4) is 0 Å². The Morgan fingerprint density at radius 3 is 2.95 bits per heavy atom. The fourth-order valence-electron chi connectivity index (χ4n) is 1.69. The van der Waals surface area contributed by atoms with Crippen molar-refractivity contribution in [1.82, 2.24) is 5.32 Å². The van der Waals surface area contributed by atoms with Gasteiger partial charge in [-0.05, 0) is 42.7 Å². The molecule has 0 aromatic heterocycles. The minimum Gasteiger partial charge on any atom is -0.496 e. The number of methoxy groups -OCH3 is 1. The van der Waals surface area contributed by atoms with Gasteiger partial charge in [0.15, 0.2) is 5.84 Å². The maximum Gasteiger partial charge on any atom is 0.173 e. The molecule has 1 rings (SSSR count). The second-order valence-corrected chi connectivity index (χ2v) is 5.03. The number of nitrogens with two attached hydrogens (primary N) is 1. The summed E-state index contributed by atoms with van der Waals surface area (Å²) in [5.74, 6) is 1.83. The van der Waals surface area contributed by atoms with Crippen molar-refractivity contribution in [3.8, 4) is 5.75 Å². The molecule has 0 saturated carbocycles. The lowest BCUT2D eigenvalue weighted by Gasteiger charge is -2.10. The normalized spacial score (nSPS) is 11.6. The highest BCUT2D eigenvalue weighted by Crippen LogP contribution is 2.20. The minimum atomic E-state index is 0.0522. The Balaban J connectivity index is 2.62. The van der Waals surface area contributed by atoms with E-state index in [2.05, 4.69) is 16.7 Å². The highest BCUT2D eigenvalue weighted by atomic mass is 32.2. The van der Waals surface area contributed by atoms with Gasteiger partial charge < -0.3 is 21.0 Å². The minimum absolute atomic E-state index is 0.0522. The first kappa shape index (κ1) is 15.7. The molecular formula is C13H21N3O2S. The zero-order valence-corrected chi connectivity index (χ0v) is 12.2. The average molecular weight is 283 g/mol. The number of hydrogen-bond acceptors (Lipinski definition) is 5. The quantitative estimate of drug-likeness (QED) is 0.222. The topological polar surface area (TPSA) is 79.9 Å². The molecule has 1 aromatic carbocycles. The van der Waals surface area contributed by atoms with Crippen molar-refractivity contribution in [1.29, 1.82) is 0 Å². The third kappa shape index (κ3) is 5.00. The van der Waals surface area contributed by atoms with Crippen LogP contribution in [0.15, 0.2) is 23.4 Å². The molecule has 0 spiro atoms. The summed E-state index contributed by atoms with van der Waals surface area (Å²) in [4.78, 5) is 0. The molecule has 0 unspecified atom stereocenters. The molecule has 106 valence electrons. The fraction of sp³-hybridized carbons (Fsp3) is 0.462. The van der Waals surface area contributed by atoms with E-state index in [9.17, 15) is 0 Å². The number of nitrogens with one attached hydrogen (secondary N) is 1. The van der Waals surface area contributed by atoms with Crippen molar-refractivity contribution in [2.75, 3.05) is 25.7 Å². The number of amidine groups is 1. The maximum absolute atomic E-state index is 8.69. The van der Waals surface area contributed by atoms with Crippen molar-refractivity contribution in [3.05, 3.63) is 29.3 Å². The number of hydrogen-bond donors (Lipinski definition) is 3. The Kier molecular flexibility index (Phi) is 7.14. The van der Waals surface area contributed by atoms with Gasteiger partial charge in [0.1, 0.15) is 5.75 Å². The second-order valence-electron chi connectivity index (χ2n) is 4.04. The Hall–Kier alpha value is -1.40. The van der Waals surface area contributed by atoms with Crippen molar-refractivity contribution in [2.45, 2.75) is 13.0 Å². The first-order chi connectivity index (χ1) is 9.22. The molecule has 0 aliphatic rings. The first-order valence-electron chi connectivity index (χ1n) is 6.07. The number of benzene rings is 1. The number of ether oxygens (including phenoxy) is 1. The SMILES string of the molecule is COc1cc(CNCCCSC)ccc1/C(N)=N/O. The van der Waals surface area contributed by atoms with E-state index in [0.29, 0.717) is 11.3 Å². The summed E-state index contributed by atoms with van der Waals surface area (Å²) in [5.41, 5.74) is 7.28. The van der Waals surface area contributed by atoms with Gasteiger partial charge in [-0.2, -0.15) is 11.8 Å². The molecule has 0 radical (unpaired) electrons. The predicted octanol–water partition coefficient (Wildman–Crippen LogP) is 1.63. The zero-order valence-electron chi connectivity index (χ0n) is 11.3. The molecule has 0 amide bonds. The summed E-state index contributed by atoms with van der Waals surface area (Å²) in [6.45, 7) is 1.77. The third-order valence-corrected chi connectivity index (χ3v) is 3.38. The van der Waals surface area contributed by atoms with Gasteiger partial charge in [0.25, 0.3) is 0 Å². The van der Waals surface area contributed by atoms with Crippen LogP contribution < -0.4 is 15.8 Å². The van der Waals surface area contributed by atoms with E-state index in [1.54, 1.807) is 13.2 Å². The van der Waals surface area contributed by atoms with Gasteiger partial charge in [0, 0.05) is 6.54 Å². The van der Waals surface area contributed by atoms with Crippen LogP contribution in [0.2, 0.25) is 0 Å². The van der Waals surface area contributed by atoms with Crippen LogP contribution in [-0.4, -0.2) is 36.7 Å². The highest BCUT2D eigenvalue weighted by molar-refractivity contribution is 7.98. The molecule has 0 saturated heterocycles. The summed E-state index contributed by atoms with van der Waals surface area (Å²) in [6.07, 6.45) is 3.26. The standard InChI is InChI=1S/C13H21N3O2S/c1-18-12-8-10(9-15-6-3-7-19-2)4-5-11(12)13(14)16-17/h4-5,8,15,17H,3,6-7,9H2,1-2H3,(H2,14,16). The Morgan fingerprint density at radius 1 is 1.53 bits per heavy atom. The Bertz CT molecular complexity index is 424. The van der Waals surface area contributed by atoms with Gasteiger partial charge in [-0.15, -0.1) is 0 Å². The average Bonchev–Trinajstić information content (AvgIpc) is 2.46. The summed E-state index contributed by atoms with van der Waals surface area (Å²) in [7, 11) is 1.57. The smallest absolute Gasteiger partial charge is 0.173 e. The molecular weight excluding hydrogens is 262 g/mol. The van der Waals surface area contributed by atoms with Crippen molar-refractivity contribution in [3.63, 3.8) is 0 Å². The molecule has 0 bridgehead atoms. The van der Waals surface area contributed by atoms with E-state index < -0.39 is 0 Å². The summed E-state index contributed by atoms with van der Waals surface area (Å²) >= 11 is 1.85. The molecule has 1 aromatic rings. The van der Waals surface area contributed by atoms with Gasteiger partial charge in [-0.1, -0.05) is 11.2 Å². The molecule has 0 atom stereocenters. The van der Waals surface area contributed by atoms with E-state index in [0.717, 1.165) is 25.1 Å². The fourth-order valence-corrected chi connectivity index (χ4v) is 2.12. The molecule has 0 fully saturated rings. The highest BCUT2D eigenvalue weighted by Gasteiger charge is 2.08. The number of thioether (sulfide) groups is 1. The lowest BCUT2D eigenvalue weighted by atomic mass is 10.1. The van der Waals surface area contributed by atoms with Crippen molar-refractivity contribution < 1.29 is 9.94 Å². The van der Waals surface area contributed by atoms with E-state index in [1.165, 1.54) is 5.75 Å². The zero-order chi connectivity index (χ0) is 14.1. The van der Waals surface area contributed by atoms with Gasteiger partial charge >= 0.3 is 0 Å². The van der Waals surface area contributed by atoms with Crippen LogP contribution in [0, 0.1) is 0 Å². The molecule has 0 heterocycles. The van der Waals surface area contributed by atoms with Crippen LogP contribution in [0.5, 0.6) is 5.75 Å². The van der Waals surface area contributed by atoms with E-state index in [1.807, 2.05) is 23.9 Å². The summed E-state index contributed by atoms with van der Waals surface area (Å²) < 4.78 is 5.25. The lowest BCUT2D eigenvalue weighted by molar-refractivity contribution is 0.318. The van der Waals surface area contributed by atoms with E-state index >= 15 is 0 Å². The van der Waals surface area contributed by atoms with Crippen LogP contribution >= 0.6 is 11.8 Å². The number of rotatable bonds is 8. The van der Waals surface area contributed by atoms with E-state index in [4.69, 9.17) is 15.7 Å². The molecule has 19 heavy (non-hydrogen) atoms. The second kappa shape index (κ2) is 8.66. The van der Waals surface area contributed by atoms with Gasteiger partial charge in [0.05, 0.1) is 12.7 Å². The van der Waals surface area contributed by atoms with Crippen LogP contribution in [0.4, 0.5) is 0 Å². The van der Waals surface area contributed by atoms with Crippen LogP contribution in [-0.2, 0) is 6.54 Å². The summed E-state index contributed by atoms with van der Waals surface area (Å²) in [5, 5.41) is 15.1. The molecule has 4 N–H and O–H groups in total. The number of oxime groups is 1. The van der Waals surface area contributed by atoms with Crippen LogP contribution in [0.25, 0.3) is 0 Å². The predicted molar refractivity (Wildman–Crippen MR) is 80.2 cm³/mol. The van der Waals surface area contributed by atoms with Gasteiger partial charge in [0.2, 0.25) is 0 Å². The third-order valence-electron chi connectivity index (χ3n) is 2.68. The number of nitrogens with zero attached hydrogens (tertiary/aromatic N) is 1. The van der Waals surface area contributed by atoms with Gasteiger partial charge in [-0.25, -0.2) is 0 Å². The van der Waals surface area contributed by atoms with Crippen molar-refractivity contribution >= 4 is 17.6 Å². The van der Waals surface area contributed by atoms with E-state index in [-0.39, 0.29) is 5.84 Å². The van der Waals surface area contributed by atoms with Crippen molar-refractivity contribution in [2.24, 2.45) is 10.9 Å². The molecule has 0 aliphatic carbocycles.